The molecule has 0 aliphatic carbocycles. The van der Waals surface area contributed by atoms with Crippen molar-refractivity contribution in [3.05, 3.63) is 112 Å². The Morgan fingerprint density at radius 3 is 2.23 bits per heavy atom. The average molecular weight is 472 g/mol. The molecule has 0 unspecified atom stereocenters. The van der Waals surface area contributed by atoms with Gasteiger partial charge in [-0.3, -0.25) is 9.69 Å². The lowest BCUT2D eigenvalue weighted by molar-refractivity contribution is -0.126. The molecule has 3 aromatic carbocycles. The summed E-state index contributed by atoms with van der Waals surface area (Å²) in [7, 11) is 2.02. The molecule has 3 aromatic rings. The van der Waals surface area contributed by atoms with Crippen LogP contribution in [0.4, 0.5) is 0 Å². The lowest BCUT2D eigenvalue weighted by Gasteiger charge is -2.28. The summed E-state index contributed by atoms with van der Waals surface area (Å²) in [4.78, 5) is 22.4. The van der Waals surface area contributed by atoms with Gasteiger partial charge in [0.1, 0.15) is 0 Å². The zero-order valence-corrected chi connectivity index (χ0v) is 18.7. The summed E-state index contributed by atoms with van der Waals surface area (Å²) in [6.07, 6.45) is 2.46. The fraction of sp³-hybridized carbons (Fsp3) is 0.154. The van der Waals surface area contributed by atoms with Gasteiger partial charge in [-0.1, -0.05) is 88.7 Å². The normalized spacial score (nSPS) is 21.9. The maximum Gasteiger partial charge on any atom is 0.236 e. The van der Waals surface area contributed by atoms with Crippen LogP contribution < -0.4 is 0 Å². The summed E-state index contributed by atoms with van der Waals surface area (Å²) >= 11 is 3.48. The van der Waals surface area contributed by atoms with Crippen LogP contribution in [-0.2, 0) is 4.79 Å². The number of carbonyl (C=O) groups excluding carboxylic acids is 1. The Hall–Kier alpha value is -3.18. The SMILES string of the molecule is CN1C2=N[C@@H](c3ccc(Br)cc3)CC(=O)N2/C(=C\c2ccccc2)[C@@H]1c1ccccc1. The smallest absolute Gasteiger partial charge is 0.236 e. The molecule has 1 amide bonds. The molecule has 5 rings (SSSR count). The van der Waals surface area contributed by atoms with E-state index in [-0.39, 0.29) is 18.0 Å². The number of guanidine groups is 1. The summed E-state index contributed by atoms with van der Waals surface area (Å²) in [6.45, 7) is 0. The first kappa shape index (κ1) is 19.8. The van der Waals surface area contributed by atoms with E-state index < -0.39 is 0 Å². The van der Waals surface area contributed by atoms with Gasteiger partial charge in [0.2, 0.25) is 11.9 Å². The van der Waals surface area contributed by atoms with Gasteiger partial charge in [-0.2, -0.15) is 0 Å². The molecule has 31 heavy (non-hydrogen) atoms. The lowest BCUT2D eigenvalue weighted by atomic mass is 10.00. The minimum Gasteiger partial charge on any atom is -0.333 e. The van der Waals surface area contributed by atoms with Crippen molar-refractivity contribution < 1.29 is 4.79 Å². The zero-order chi connectivity index (χ0) is 21.4. The first-order chi connectivity index (χ1) is 15.1. The van der Waals surface area contributed by atoms with Gasteiger partial charge in [0.05, 0.1) is 24.2 Å². The van der Waals surface area contributed by atoms with Crippen molar-refractivity contribution in [1.29, 1.82) is 0 Å². The summed E-state index contributed by atoms with van der Waals surface area (Å²) in [5.74, 6) is 0.783. The topological polar surface area (TPSA) is 35.9 Å². The first-order valence-electron chi connectivity index (χ1n) is 10.3. The van der Waals surface area contributed by atoms with Crippen molar-refractivity contribution in [2.24, 2.45) is 4.99 Å². The van der Waals surface area contributed by atoms with Gasteiger partial charge >= 0.3 is 0 Å². The number of rotatable bonds is 3. The number of nitrogens with zero attached hydrogens (tertiary/aromatic N) is 3. The van der Waals surface area contributed by atoms with E-state index in [1.54, 1.807) is 4.90 Å². The average Bonchev–Trinajstić information content (AvgIpc) is 3.07. The van der Waals surface area contributed by atoms with E-state index in [1.165, 1.54) is 0 Å². The Morgan fingerprint density at radius 1 is 0.903 bits per heavy atom. The van der Waals surface area contributed by atoms with Gasteiger partial charge in [0.25, 0.3) is 0 Å². The molecule has 1 saturated heterocycles. The molecule has 0 bridgehead atoms. The molecule has 0 radical (unpaired) electrons. The number of hydrogen-bond acceptors (Lipinski definition) is 3. The maximum atomic E-state index is 13.4. The lowest BCUT2D eigenvalue weighted by Crippen LogP contribution is -2.40. The van der Waals surface area contributed by atoms with E-state index in [1.807, 2.05) is 67.7 Å². The third kappa shape index (κ3) is 3.70. The van der Waals surface area contributed by atoms with Gasteiger partial charge in [-0.25, -0.2) is 4.99 Å². The monoisotopic (exact) mass is 471 g/mol. The number of halogens is 1. The Morgan fingerprint density at radius 2 is 1.55 bits per heavy atom. The van der Waals surface area contributed by atoms with E-state index in [0.29, 0.717) is 12.4 Å². The molecule has 154 valence electrons. The van der Waals surface area contributed by atoms with Gasteiger partial charge in [-0.15, -0.1) is 0 Å². The third-order valence-corrected chi connectivity index (χ3v) is 6.34. The largest absolute Gasteiger partial charge is 0.333 e. The van der Waals surface area contributed by atoms with E-state index in [9.17, 15) is 4.79 Å². The van der Waals surface area contributed by atoms with Crippen LogP contribution in [0.1, 0.15) is 35.2 Å². The molecule has 1 fully saturated rings. The van der Waals surface area contributed by atoms with Crippen LogP contribution in [0, 0.1) is 0 Å². The fourth-order valence-corrected chi connectivity index (χ4v) is 4.59. The predicted octanol–water partition coefficient (Wildman–Crippen LogP) is 5.81. The molecular weight excluding hydrogens is 450 g/mol. The molecule has 2 atom stereocenters. The second-order valence-electron chi connectivity index (χ2n) is 7.83. The maximum absolute atomic E-state index is 13.4. The summed E-state index contributed by atoms with van der Waals surface area (Å²) in [6, 6.07) is 28.3. The van der Waals surface area contributed by atoms with Crippen LogP contribution >= 0.6 is 15.9 Å². The molecule has 4 nitrogen and oxygen atoms in total. The number of hydrogen-bond donors (Lipinski definition) is 0. The van der Waals surface area contributed by atoms with Crippen molar-refractivity contribution in [3.63, 3.8) is 0 Å². The highest BCUT2D eigenvalue weighted by Crippen LogP contribution is 2.42. The molecular formula is C26H22BrN3O. The molecule has 0 aromatic heterocycles. The number of likely N-dealkylation sites (N-methyl/N-ethyl adjacent to an activating group) is 1. The van der Waals surface area contributed by atoms with Crippen LogP contribution in [-0.4, -0.2) is 28.7 Å². The van der Waals surface area contributed by atoms with Gasteiger partial charge < -0.3 is 4.90 Å². The molecule has 0 N–H and O–H groups in total. The van der Waals surface area contributed by atoms with E-state index in [4.69, 9.17) is 4.99 Å². The predicted molar refractivity (Wildman–Crippen MR) is 127 cm³/mol. The first-order valence-corrected chi connectivity index (χ1v) is 11.1. The third-order valence-electron chi connectivity index (χ3n) is 5.81. The van der Waals surface area contributed by atoms with Crippen molar-refractivity contribution in [1.82, 2.24) is 9.80 Å². The Bertz CT molecular complexity index is 1160. The van der Waals surface area contributed by atoms with Gasteiger partial charge in [0.15, 0.2) is 0 Å². The highest BCUT2D eigenvalue weighted by molar-refractivity contribution is 9.10. The van der Waals surface area contributed by atoms with Crippen LogP contribution in [0.25, 0.3) is 6.08 Å². The number of aliphatic imine (C=N–C) groups is 1. The Balaban J connectivity index is 1.62. The Labute approximate surface area is 190 Å². The fourth-order valence-electron chi connectivity index (χ4n) is 4.33. The zero-order valence-electron chi connectivity index (χ0n) is 17.1. The van der Waals surface area contributed by atoms with Crippen molar-refractivity contribution in [3.8, 4) is 0 Å². The molecule has 2 aliphatic heterocycles. The number of amides is 1. The highest BCUT2D eigenvalue weighted by Gasteiger charge is 2.45. The quantitative estimate of drug-likeness (QED) is 0.483. The van der Waals surface area contributed by atoms with E-state index in [0.717, 1.165) is 26.9 Å². The van der Waals surface area contributed by atoms with Crippen molar-refractivity contribution in [2.45, 2.75) is 18.5 Å². The summed E-state index contributed by atoms with van der Waals surface area (Å²) in [5, 5.41) is 0. The van der Waals surface area contributed by atoms with Gasteiger partial charge in [0, 0.05) is 11.5 Å². The number of benzene rings is 3. The Kier molecular flexibility index (Phi) is 5.20. The summed E-state index contributed by atoms with van der Waals surface area (Å²) in [5.41, 5.74) is 4.19. The number of carbonyl (C=O) groups is 1. The standard InChI is InChI=1S/C26H22BrN3O/c1-29-25(20-10-6-3-7-11-20)23(16-18-8-4-2-5-9-18)30-24(31)17-22(28-26(29)30)19-12-14-21(27)15-13-19/h2-16,22,25H,17H2,1H3/b23-16-/t22-,25+/m1/s1. The number of fused-ring (bicyclic) bond motifs is 1. The van der Waals surface area contributed by atoms with Gasteiger partial charge in [-0.05, 0) is 34.9 Å². The van der Waals surface area contributed by atoms with E-state index in [2.05, 4.69) is 51.2 Å². The molecule has 2 aliphatic rings. The second kappa shape index (κ2) is 8.16. The van der Waals surface area contributed by atoms with Crippen LogP contribution in [0.3, 0.4) is 0 Å². The minimum absolute atomic E-state index is 0.0744. The molecule has 0 spiro atoms. The molecule has 2 heterocycles. The molecule has 5 heteroatoms. The minimum atomic E-state index is -0.179. The van der Waals surface area contributed by atoms with Crippen LogP contribution in [0.5, 0.6) is 0 Å². The summed E-state index contributed by atoms with van der Waals surface area (Å²) < 4.78 is 1.02. The highest BCUT2D eigenvalue weighted by atomic mass is 79.9. The van der Waals surface area contributed by atoms with Crippen molar-refractivity contribution in [2.75, 3.05) is 7.05 Å². The van der Waals surface area contributed by atoms with Crippen LogP contribution in [0.2, 0.25) is 0 Å². The van der Waals surface area contributed by atoms with E-state index >= 15 is 0 Å². The molecule has 0 saturated carbocycles. The van der Waals surface area contributed by atoms with Crippen molar-refractivity contribution >= 4 is 33.9 Å². The van der Waals surface area contributed by atoms with Crippen LogP contribution in [0.15, 0.2) is 100 Å². The second-order valence-corrected chi connectivity index (χ2v) is 8.75.